The molecule has 3 unspecified atom stereocenters. The lowest BCUT2D eigenvalue weighted by Crippen LogP contribution is -2.48. The third-order valence-corrected chi connectivity index (χ3v) is 3.51. The molecule has 64 valence electrons. The van der Waals surface area contributed by atoms with Crippen LogP contribution in [0.3, 0.4) is 0 Å². The topological polar surface area (TPSA) is 6.48 Å². The Morgan fingerprint density at radius 1 is 1.27 bits per heavy atom. The predicted octanol–water partition coefficient (Wildman–Crippen LogP) is 0.945. The lowest BCUT2D eigenvalue weighted by Gasteiger charge is -2.37. The van der Waals surface area contributed by atoms with Crippen LogP contribution in [0, 0.1) is 0 Å². The fraction of sp³-hybridized carbons (Fsp3) is 1.00. The molecule has 0 aromatic carbocycles. The number of rotatable bonds is 0. The molecule has 3 atom stereocenters. The number of fused-ring (bicyclic) bond motifs is 1. The Kier molecular flexibility index (Phi) is 2.18. The van der Waals surface area contributed by atoms with E-state index in [0.717, 1.165) is 12.1 Å². The van der Waals surface area contributed by atoms with E-state index in [9.17, 15) is 0 Å². The molecule has 0 bridgehead atoms. The highest BCUT2D eigenvalue weighted by Crippen LogP contribution is 2.27. The van der Waals surface area contributed by atoms with Gasteiger partial charge in [-0.05, 0) is 19.8 Å². The van der Waals surface area contributed by atoms with Gasteiger partial charge in [0.05, 0.1) is 0 Å². The molecule has 2 rings (SSSR count). The monoisotopic (exact) mass is 172 g/mol. The second kappa shape index (κ2) is 3.01. The van der Waals surface area contributed by atoms with Crippen LogP contribution in [0.15, 0.2) is 0 Å². The van der Waals surface area contributed by atoms with E-state index in [1.807, 2.05) is 0 Å². The molecule has 2 aliphatic rings. The van der Waals surface area contributed by atoms with E-state index in [0.29, 0.717) is 0 Å². The van der Waals surface area contributed by atoms with Gasteiger partial charge in [0.15, 0.2) is 0 Å². The summed E-state index contributed by atoms with van der Waals surface area (Å²) in [5.74, 6) is 0. The summed E-state index contributed by atoms with van der Waals surface area (Å²) in [5.41, 5.74) is 0. The summed E-state index contributed by atoms with van der Waals surface area (Å²) in [6.07, 6.45) is 2.81. The largest absolute Gasteiger partial charge is 0.295 e. The van der Waals surface area contributed by atoms with E-state index < -0.39 is 0 Å². The van der Waals surface area contributed by atoms with Gasteiger partial charge in [0.1, 0.15) is 0 Å². The van der Waals surface area contributed by atoms with Gasteiger partial charge in [-0.25, -0.2) is 0 Å². The van der Waals surface area contributed by atoms with Gasteiger partial charge >= 0.3 is 0 Å². The SMILES string of the molecule is CC1CCC2CN(P)CCN12. The van der Waals surface area contributed by atoms with Crippen molar-refractivity contribution < 1.29 is 0 Å². The Hall–Kier alpha value is 0.350. The summed E-state index contributed by atoms with van der Waals surface area (Å²) in [5, 5.41) is 0. The van der Waals surface area contributed by atoms with Crippen molar-refractivity contribution in [2.24, 2.45) is 0 Å². The molecule has 2 heterocycles. The molecule has 3 heteroatoms. The maximum atomic E-state index is 2.82. The van der Waals surface area contributed by atoms with Crippen LogP contribution < -0.4 is 0 Å². The van der Waals surface area contributed by atoms with Gasteiger partial charge in [-0.2, -0.15) is 0 Å². The highest BCUT2D eigenvalue weighted by Gasteiger charge is 2.33. The fourth-order valence-electron chi connectivity index (χ4n) is 2.33. The summed E-state index contributed by atoms with van der Waals surface area (Å²) in [7, 11) is 2.82. The third kappa shape index (κ3) is 1.44. The molecule has 2 fully saturated rings. The normalized spacial score (nSPS) is 40.9. The minimum absolute atomic E-state index is 0.846. The van der Waals surface area contributed by atoms with Gasteiger partial charge in [-0.1, -0.05) is 9.39 Å². The Balaban J connectivity index is 2.00. The highest BCUT2D eigenvalue weighted by molar-refractivity contribution is 7.13. The molecule has 2 aliphatic heterocycles. The summed E-state index contributed by atoms with van der Waals surface area (Å²) < 4.78 is 2.37. The Labute approximate surface area is 71.2 Å². The predicted molar refractivity (Wildman–Crippen MR) is 50.5 cm³/mol. The molecule has 0 aromatic rings. The second-order valence-corrected chi connectivity index (χ2v) is 4.54. The zero-order valence-corrected chi connectivity index (χ0v) is 8.32. The minimum atomic E-state index is 0.846. The second-order valence-electron chi connectivity index (χ2n) is 3.81. The van der Waals surface area contributed by atoms with Gasteiger partial charge in [0, 0.05) is 31.7 Å². The van der Waals surface area contributed by atoms with Gasteiger partial charge in [-0.3, -0.25) is 9.57 Å². The van der Waals surface area contributed by atoms with Crippen LogP contribution in [0.4, 0.5) is 0 Å². The molecule has 11 heavy (non-hydrogen) atoms. The van der Waals surface area contributed by atoms with Crippen molar-refractivity contribution in [3.8, 4) is 0 Å². The van der Waals surface area contributed by atoms with Crippen LogP contribution in [-0.4, -0.2) is 41.3 Å². The Bertz CT molecular complexity index is 151. The van der Waals surface area contributed by atoms with Crippen molar-refractivity contribution in [3.63, 3.8) is 0 Å². The standard InChI is InChI=1S/C8H17N2P/c1-7-2-3-8-6-9(11)4-5-10(7)8/h7-8H,2-6,11H2,1H3. The van der Waals surface area contributed by atoms with Crippen LogP contribution in [-0.2, 0) is 0 Å². The molecular weight excluding hydrogens is 155 g/mol. The van der Waals surface area contributed by atoms with Crippen molar-refractivity contribution in [1.29, 1.82) is 0 Å². The van der Waals surface area contributed by atoms with Crippen molar-refractivity contribution in [1.82, 2.24) is 9.57 Å². The van der Waals surface area contributed by atoms with E-state index in [1.165, 1.54) is 32.5 Å². The average molecular weight is 172 g/mol. The first-order chi connectivity index (χ1) is 5.27. The Morgan fingerprint density at radius 3 is 2.91 bits per heavy atom. The number of hydrogen-bond acceptors (Lipinski definition) is 2. The van der Waals surface area contributed by atoms with E-state index in [-0.39, 0.29) is 0 Å². The molecule has 0 saturated carbocycles. The number of nitrogens with zero attached hydrogens (tertiary/aromatic N) is 2. The Morgan fingerprint density at radius 2 is 2.09 bits per heavy atom. The minimum Gasteiger partial charge on any atom is -0.295 e. The summed E-state index contributed by atoms with van der Waals surface area (Å²) in [6.45, 7) is 6.12. The molecule has 0 radical (unpaired) electrons. The van der Waals surface area contributed by atoms with Gasteiger partial charge in [-0.15, -0.1) is 0 Å². The maximum absolute atomic E-state index is 2.82. The van der Waals surface area contributed by atoms with Crippen LogP contribution in [0.1, 0.15) is 19.8 Å². The van der Waals surface area contributed by atoms with E-state index in [4.69, 9.17) is 0 Å². The summed E-state index contributed by atoms with van der Waals surface area (Å²) in [4.78, 5) is 2.67. The zero-order chi connectivity index (χ0) is 7.84. The highest BCUT2D eigenvalue weighted by atomic mass is 31.0. The van der Waals surface area contributed by atoms with Gasteiger partial charge in [0.25, 0.3) is 0 Å². The molecule has 0 spiro atoms. The van der Waals surface area contributed by atoms with Crippen molar-refractivity contribution in [2.75, 3.05) is 19.6 Å². The molecule has 0 aromatic heterocycles. The molecule has 0 amide bonds. The third-order valence-electron chi connectivity index (χ3n) is 3.04. The molecule has 2 saturated heterocycles. The van der Waals surface area contributed by atoms with Crippen molar-refractivity contribution >= 4 is 9.39 Å². The average Bonchev–Trinajstić information content (AvgIpc) is 2.32. The fourth-order valence-corrected chi connectivity index (χ4v) is 2.69. The molecular formula is C8H17N2P. The first kappa shape index (κ1) is 7.97. The first-order valence-corrected chi connectivity index (χ1v) is 5.04. The van der Waals surface area contributed by atoms with Crippen molar-refractivity contribution in [3.05, 3.63) is 0 Å². The van der Waals surface area contributed by atoms with Crippen LogP contribution in [0.5, 0.6) is 0 Å². The molecule has 0 N–H and O–H groups in total. The van der Waals surface area contributed by atoms with Crippen molar-refractivity contribution in [2.45, 2.75) is 31.8 Å². The number of hydrogen-bond donors (Lipinski definition) is 0. The van der Waals surface area contributed by atoms with Gasteiger partial charge in [0.2, 0.25) is 0 Å². The summed E-state index contributed by atoms with van der Waals surface area (Å²) >= 11 is 0. The van der Waals surface area contributed by atoms with E-state index >= 15 is 0 Å². The first-order valence-electron chi connectivity index (χ1n) is 4.53. The van der Waals surface area contributed by atoms with E-state index in [2.05, 4.69) is 25.9 Å². The zero-order valence-electron chi connectivity index (χ0n) is 7.16. The lowest BCUT2D eigenvalue weighted by molar-refractivity contribution is 0.132. The smallest absolute Gasteiger partial charge is 0.0230 e. The van der Waals surface area contributed by atoms with E-state index in [1.54, 1.807) is 0 Å². The molecule has 0 aliphatic carbocycles. The van der Waals surface area contributed by atoms with Crippen LogP contribution >= 0.6 is 9.39 Å². The quantitative estimate of drug-likeness (QED) is 0.502. The summed E-state index contributed by atoms with van der Waals surface area (Å²) in [6, 6.07) is 1.70. The maximum Gasteiger partial charge on any atom is 0.0230 e. The van der Waals surface area contributed by atoms with Crippen LogP contribution in [0.2, 0.25) is 0 Å². The molecule has 2 nitrogen and oxygen atoms in total. The van der Waals surface area contributed by atoms with Gasteiger partial charge < -0.3 is 0 Å². The lowest BCUT2D eigenvalue weighted by atomic mass is 10.2. The number of piperazine rings is 1. The van der Waals surface area contributed by atoms with Crippen LogP contribution in [0.25, 0.3) is 0 Å².